The number of ether oxygens (including phenoxy) is 5. The van der Waals surface area contributed by atoms with Gasteiger partial charge in [0.2, 0.25) is 0 Å². The lowest BCUT2D eigenvalue weighted by molar-refractivity contribution is 0.0373. The first-order valence-electron chi connectivity index (χ1n) is 7.37. The Hall–Kier alpha value is -1.50. The van der Waals surface area contributed by atoms with Crippen molar-refractivity contribution in [3.63, 3.8) is 0 Å². The number of hydrogen-bond donors (Lipinski definition) is 0. The Bertz CT molecular complexity index is 242. The van der Waals surface area contributed by atoms with Gasteiger partial charge in [-0.1, -0.05) is 13.8 Å². The van der Waals surface area contributed by atoms with Crippen molar-refractivity contribution in [2.45, 2.75) is 39.5 Å². The van der Waals surface area contributed by atoms with Gasteiger partial charge in [-0.3, -0.25) is 0 Å². The molecule has 0 radical (unpaired) electrons. The van der Waals surface area contributed by atoms with Crippen molar-refractivity contribution in [3.05, 3.63) is 0 Å². The highest BCUT2D eigenvalue weighted by Gasteiger charge is 2.03. The Balaban J connectivity index is 3.19. The van der Waals surface area contributed by atoms with Crippen molar-refractivity contribution >= 4 is 12.3 Å². The van der Waals surface area contributed by atoms with Crippen LogP contribution in [0.3, 0.4) is 0 Å². The molecule has 0 saturated carbocycles. The fourth-order valence-electron chi connectivity index (χ4n) is 1.19. The fourth-order valence-corrected chi connectivity index (χ4v) is 1.19. The van der Waals surface area contributed by atoms with Gasteiger partial charge in [-0.2, -0.15) is 0 Å². The van der Waals surface area contributed by atoms with Crippen LogP contribution in [0.5, 0.6) is 0 Å². The number of carbonyl (C=O) groups excluding carboxylic acids is 2. The van der Waals surface area contributed by atoms with E-state index in [-0.39, 0.29) is 13.2 Å². The van der Waals surface area contributed by atoms with Gasteiger partial charge in [0.15, 0.2) is 0 Å². The van der Waals surface area contributed by atoms with Gasteiger partial charge >= 0.3 is 12.3 Å². The van der Waals surface area contributed by atoms with E-state index in [0.717, 1.165) is 12.8 Å². The molecule has 21 heavy (non-hydrogen) atoms. The van der Waals surface area contributed by atoms with Gasteiger partial charge in [0, 0.05) is 26.1 Å². The van der Waals surface area contributed by atoms with Crippen molar-refractivity contribution in [2.75, 3.05) is 39.6 Å². The minimum atomic E-state index is -0.643. The smallest absolute Gasteiger partial charge is 0.434 e. The molecule has 0 rings (SSSR count). The van der Waals surface area contributed by atoms with E-state index in [0.29, 0.717) is 39.3 Å². The lowest BCUT2D eigenvalue weighted by Crippen LogP contribution is -2.12. The summed E-state index contributed by atoms with van der Waals surface area (Å²) in [5, 5.41) is 0. The number of carbonyl (C=O) groups is 2. The first-order chi connectivity index (χ1) is 10.2. The van der Waals surface area contributed by atoms with Gasteiger partial charge in [-0.05, 0) is 12.8 Å². The van der Waals surface area contributed by atoms with Crippen LogP contribution in [-0.4, -0.2) is 52.0 Å². The van der Waals surface area contributed by atoms with Crippen LogP contribution < -0.4 is 0 Å². The summed E-state index contributed by atoms with van der Waals surface area (Å²) in [4.78, 5) is 21.9. The second kappa shape index (κ2) is 14.9. The number of rotatable bonds is 12. The van der Waals surface area contributed by atoms with E-state index < -0.39 is 12.3 Å². The molecule has 0 amide bonds. The van der Waals surface area contributed by atoms with Gasteiger partial charge in [0.05, 0.1) is 26.4 Å². The maximum Gasteiger partial charge on any atom is 0.508 e. The summed E-state index contributed by atoms with van der Waals surface area (Å²) >= 11 is 0. The van der Waals surface area contributed by atoms with Crippen LogP contribution in [0.2, 0.25) is 0 Å². The molecule has 0 aliphatic rings. The minimum Gasteiger partial charge on any atom is -0.434 e. The predicted molar refractivity (Wildman–Crippen MR) is 75.2 cm³/mol. The molecule has 0 spiro atoms. The van der Waals surface area contributed by atoms with Crippen molar-refractivity contribution in [1.29, 1.82) is 0 Å². The molecule has 0 aliphatic heterocycles. The summed E-state index contributed by atoms with van der Waals surface area (Å²) in [5.74, 6) is 0. The van der Waals surface area contributed by atoms with E-state index in [9.17, 15) is 9.59 Å². The first-order valence-corrected chi connectivity index (χ1v) is 7.37. The molecule has 0 N–H and O–H groups in total. The maximum atomic E-state index is 11.0. The summed E-state index contributed by atoms with van der Waals surface area (Å²) < 4.78 is 24.4. The molecule has 0 fully saturated rings. The molecular weight excluding hydrogens is 280 g/mol. The molecule has 0 aromatic rings. The topological polar surface area (TPSA) is 80.3 Å². The highest BCUT2D eigenvalue weighted by atomic mass is 16.7. The Morgan fingerprint density at radius 1 is 0.619 bits per heavy atom. The third kappa shape index (κ3) is 14.7. The molecule has 7 heteroatoms. The van der Waals surface area contributed by atoms with E-state index in [1.54, 1.807) is 0 Å². The zero-order valence-corrected chi connectivity index (χ0v) is 12.9. The molecule has 0 aromatic heterocycles. The maximum absolute atomic E-state index is 11.0. The van der Waals surface area contributed by atoms with Crippen LogP contribution in [0.1, 0.15) is 39.5 Å². The predicted octanol–water partition coefficient (Wildman–Crippen LogP) is 2.91. The van der Waals surface area contributed by atoms with Crippen LogP contribution in [-0.2, 0) is 23.7 Å². The van der Waals surface area contributed by atoms with Gasteiger partial charge < -0.3 is 23.7 Å². The van der Waals surface area contributed by atoms with E-state index >= 15 is 0 Å². The summed E-state index contributed by atoms with van der Waals surface area (Å²) in [6.07, 6.45) is 1.45. The van der Waals surface area contributed by atoms with Gasteiger partial charge in [-0.15, -0.1) is 0 Å². The van der Waals surface area contributed by atoms with Crippen molar-refractivity contribution in [3.8, 4) is 0 Å². The van der Waals surface area contributed by atoms with E-state index in [4.69, 9.17) is 23.7 Å². The highest BCUT2D eigenvalue weighted by Crippen LogP contribution is 1.94. The molecule has 0 heterocycles. The molecule has 0 bridgehead atoms. The SMILES string of the molecule is CCCOC(=O)OCCCOCCCOC(=O)OCCC. The van der Waals surface area contributed by atoms with Gasteiger partial charge in [0.1, 0.15) is 0 Å². The first kappa shape index (κ1) is 19.5. The molecule has 0 unspecified atom stereocenters. The largest absolute Gasteiger partial charge is 0.508 e. The molecule has 7 nitrogen and oxygen atoms in total. The quantitative estimate of drug-likeness (QED) is 0.405. The van der Waals surface area contributed by atoms with E-state index in [1.807, 2.05) is 13.8 Å². The van der Waals surface area contributed by atoms with E-state index in [1.165, 1.54) is 0 Å². The summed E-state index contributed by atoms with van der Waals surface area (Å²) in [5.41, 5.74) is 0. The average molecular weight is 306 g/mol. The van der Waals surface area contributed by atoms with E-state index in [2.05, 4.69) is 0 Å². The highest BCUT2D eigenvalue weighted by molar-refractivity contribution is 5.60. The standard InChI is InChI=1S/C14H26O7/c1-3-7-18-13(15)20-11-5-9-17-10-6-12-21-14(16)19-8-4-2/h3-12H2,1-2H3. The molecule has 0 aromatic carbocycles. The lowest BCUT2D eigenvalue weighted by Gasteiger charge is -2.07. The average Bonchev–Trinajstić information content (AvgIpc) is 2.49. The Labute approximate surface area is 125 Å². The van der Waals surface area contributed by atoms with Crippen molar-refractivity contribution < 1.29 is 33.3 Å². The second-order valence-corrected chi connectivity index (χ2v) is 4.21. The zero-order valence-electron chi connectivity index (χ0n) is 12.9. The summed E-state index contributed by atoms with van der Waals surface area (Å²) in [6, 6.07) is 0. The minimum absolute atomic E-state index is 0.266. The normalized spacial score (nSPS) is 10.0. The van der Waals surface area contributed by atoms with Gasteiger partial charge in [-0.25, -0.2) is 9.59 Å². The monoisotopic (exact) mass is 306 g/mol. The van der Waals surface area contributed by atoms with Gasteiger partial charge in [0.25, 0.3) is 0 Å². The van der Waals surface area contributed by atoms with Crippen LogP contribution >= 0.6 is 0 Å². The Kier molecular flexibility index (Phi) is 13.8. The summed E-state index contributed by atoms with van der Waals surface area (Å²) in [7, 11) is 0. The third-order valence-electron chi connectivity index (χ3n) is 2.15. The van der Waals surface area contributed by atoms with Crippen LogP contribution in [0.25, 0.3) is 0 Å². The number of hydrogen-bond acceptors (Lipinski definition) is 7. The van der Waals surface area contributed by atoms with Crippen molar-refractivity contribution in [1.82, 2.24) is 0 Å². The third-order valence-corrected chi connectivity index (χ3v) is 2.15. The molecule has 0 aliphatic carbocycles. The van der Waals surface area contributed by atoms with Crippen molar-refractivity contribution in [2.24, 2.45) is 0 Å². The Morgan fingerprint density at radius 2 is 1.00 bits per heavy atom. The summed E-state index contributed by atoms with van der Waals surface area (Å²) in [6.45, 7) is 6.04. The Morgan fingerprint density at radius 3 is 1.38 bits per heavy atom. The second-order valence-electron chi connectivity index (χ2n) is 4.21. The molecule has 0 saturated heterocycles. The molecular formula is C14H26O7. The fraction of sp³-hybridized carbons (Fsp3) is 0.857. The van der Waals surface area contributed by atoms with Crippen LogP contribution in [0.15, 0.2) is 0 Å². The van der Waals surface area contributed by atoms with Crippen LogP contribution in [0.4, 0.5) is 9.59 Å². The molecule has 0 atom stereocenters. The molecule has 124 valence electrons. The zero-order chi connectivity index (χ0) is 15.8. The van der Waals surface area contributed by atoms with Crippen LogP contribution in [0, 0.1) is 0 Å². The lowest BCUT2D eigenvalue weighted by atomic mass is 10.4.